The van der Waals surface area contributed by atoms with Crippen molar-refractivity contribution < 1.29 is 42.7 Å². The SMILES string of the molecule is O=S(=O)(O)O.[2H]C([2H])(c1ccc(-c2ccccc2S(=O)(=O)Nc2noc(C)c2Cl)c(COCC)c1)N1C(=O)C2(CCCC2)N=C1CCCC. The van der Waals surface area contributed by atoms with Gasteiger partial charge in [0.15, 0.2) is 5.76 Å². The molecule has 1 spiro atoms. The fourth-order valence-corrected chi connectivity index (χ4v) is 6.89. The smallest absolute Gasteiger partial charge is 0.377 e. The number of amidine groups is 1. The first kappa shape index (κ1) is 33.6. The van der Waals surface area contributed by atoms with Crippen LogP contribution in [-0.4, -0.2) is 59.9 Å². The van der Waals surface area contributed by atoms with Crippen molar-refractivity contribution in [1.29, 1.82) is 0 Å². The number of hydrogen-bond acceptors (Lipinski definition) is 9. The number of aliphatic imine (C=N–C) groups is 1. The molecule has 0 bridgehead atoms. The van der Waals surface area contributed by atoms with Crippen LogP contribution in [0.4, 0.5) is 5.82 Å². The van der Waals surface area contributed by atoms with Gasteiger partial charge in [-0.25, -0.2) is 8.42 Å². The van der Waals surface area contributed by atoms with Gasteiger partial charge >= 0.3 is 10.4 Å². The molecule has 0 radical (unpaired) electrons. The molecule has 1 aliphatic heterocycles. The largest absolute Gasteiger partial charge is 0.394 e. The highest BCUT2D eigenvalue weighted by atomic mass is 35.5. The van der Waals surface area contributed by atoms with Crippen LogP contribution < -0.4 is 4.72 Å². The van der Waals surface area contributed by atoms with Gasteiger partial charge in [-0.15, -0.1) is 0 Å². The Kier molecular flexibility index (Phi) is 10.9. The number of hydrogen-bond donors (Lipinski definition) is 3. The van der Waals surface area contributed by atoms with Crippen LogP contribution in [0.3, 0.4) is 0 Å². The van der Waals surface area contributed by atoms with Crippen molar-refractivity contribution in [2.75, 3.05) is 11.3 Å². The Balaban J connectivity index is 0.00000101. The van der Waals surface area contributed by atoms with E-state index < -0.39 is 32.5 Å². The topological polar surface area (TPSA) is 189 Å². The Morgan fingerprint density at radius 1 is 1.11 bits per heavy atom. The van der Waals surface area contributed by atoms with E-state index >= 15 is 0 Å². The van der Waals surface area contributed by atoms with E-state index in [0.29, 0.717) is 48.4 Å². The first-order valence-electron chi connectivity index (χ1n) is 16.0. The van der Waals surface area contributed by atoms with Crippen molar-refractivity contribution in [2.45, 2.75) is 89.3 Å². The number of nitrogens with zero attached hydrogens (tertiary/aromatic N) is 3. The first-order valence-corrected chi connectivity index (χ1v) is 18.3. The van der Waals surface area contributed by atoms with E-state index in [1.54, 1.807) is 43.3 Å². The Morgan fingerprint density at radius 3 is 2.40 bits per heavy atom. The lowest BCUT2D eigenvalue weighted by molar-refractivity contribution is -0.131. The molecule has 0 atom stereocenters. The number of nitrogens with one attached hydrogen (secondary N) is 1. The molecule has 16 heteroatoms. The number of anilines is 1. The van der Waals surface area contributed by atoms with Crippen LogP contribution in [0.1, 0.15) is 78.4 Å². The van der Waals surface area contributed by atoms with Crippen LogP contribution in [0.5, 0.6) is 0 Å². The molecule has 2 aliphatic rings. The summed E-state index contributed by atoms with van der Waals surface area (Å²) in [5.74, 6) is 0.363. The van der Waals surface area contributed by atoms with E-state index in [9.17, 15) is 16.0 Å². The second kappa shape index (κ2) is 15.3. The molecular formula is C31H39ClN4O9S2. The van der Waals surface area contributed by atoms with Crippen molar-refractivity contribution in [3.8, 4) is 11.1 Å². The number of rotatable bonds is 12. The third kappa shape index (κ3) is 8.97. The van der Waals surface area contributed by atoms with E-state index in [2.05, 4.69) is 16.8 Å². The summed E-state index contributed by atoms with van der Waals surface area (Å²) in [6, 6.07) is 11.4. The Morgan fingerprint density at radius 2 is 1.79 bits per heavy atom. The summed E-state index contributed by atoms with van der Waals surface area (Å²) < 4.78 is 90.4. The summed E-state index contributed by atoms with van der Waals surface area (Å²) in [6.45, 7) is 3.77. The number of ether oxygens (including phenoxy) is 1. The lowest BCUT2D eigenvalue weighted by atomic mass is 9.96. The van der Waals surface area contributed by atoms with E-state index in [1.807, 2.05) is 6.92 Å². The quantitative estimate of drug-likeness (QED) is 0.182. The second-order valence-corrected chi connectivity index (χ2v) is 14.0. The molecule has 0 saturated heterocycles. The zero-order chi connectivity index (χ0) is 36.2. The highest BCUT2D eigenvalue weighted by Crippen LogP contribution is 2.40. The molecule has 1 aliphatic carbocycles. The van der Waals surface area contributed by atoms with E-state index in [4.69, 9.17) is 43.4 Å². The van der Waals surface area contributed by atoms with Crippen LogP contribution in [0, 0.1) is 6.92 Å². The normalized spacial score (nSPS) is 16.9. The average Bonchev–Trinajstić information content (AvgIpc) is 3.72. The lowest BCUT2D eigenvalue weighted by Gasteiger charge is -2.23. The van der Waals surface area contributed by atoms with E-state index in [1.165, 1.54) is 11.0 Å². The summed E-state index contributed by atoms with van der Waals surface area (Å²) >= 11 is 6.17. The summed E-state index contributed by atoms with van der Waals surface area (Å²) in [6.07, 6.45) is 5.23. The van der Waals surface area contributed by atoms with Gasteiger partial charge in [-0.05, 0) is 55.9 Å². The predicted octanol–water partition coefficient (Wildman–Crippen LogP) is 6.23. The van der Waals surface area contributed by atoms with E-state index in [0.717, 1.165) is 25.7 Å². The van der Waals surface area contributed by atoms with Crippen molar-refractivity contribution in [3.63, 3.8) is 0 Å². The van der Waals surface area contributed by atoms with Gasteiger partial charge in [0.2, 0.25) is 5.82 Å². The van der Waals surface area contributed by atoms with Gasteiger partial charge in [-0.1, -0.05) is 79.3 Å². The van der Waals surface area contributed by atoms with Gasteiger partial charge in [0.25, 0.3) is 15.9 Å². The second-order valence-electron chi connectivity index (χ2n) is 11.1. The minimum absolute atomic E-state index is 0.0305. The zero-order valence-corrected chi connectivity index (χ0v) is 28.6. The molecular weight excluding hydrogens is 672 g/mol. The molecule has 1 fully saturated rings. The molecule has 1 amide bonds. The fraction of sp³-hybridized carbons (Fsp3) is 0.452. The molecule has 47 heavy (non-hydrogen) atoms. The number of aromatic nitrogens is 1. The van der Waals surface area contributed by atoms with E-state index in [-0.39, 0.29) is 39.6 Å². The van der Waals surface area contributed by atoms with Crippen LogP contribution in [0.25, 0.3) is 11.1 Å². The summed E-state index contributed by atoms with van der Waals surface area (Å²) in [4.78, 5) is 19.9. The number of carbonyl (C=O) groups is 1. The predicted molar refractivity (Wildman–Crippen MR) is 177 cm³/mol. The molecule has 5 rings (SSSR count). The monoisotopic (exact) mass is 712 g/mol. The van der Waals surface area contributed by atoms with Crippen molar-refractivity contribution in [2.24, 2.45) is 4.99 Å². The van der Waals surface area contributed by atoms with Gasteiger partial charge in [0, 0.05) is 18.6 Å². The number of benzene rings is 2. The number of carbonyl (C=O) groups excluding carboxylic acids is 1. The highest BCUT2D eigenvalue weighted by Gasteiger charge is 2.49. The molecule has 3 N–H and O–H groups in total. The lowest BCUT2D eigenvalue weighted by Crippen LogP contribution is -2.40. The number of aryl methyl sites for hydroxylation is 1. The maximum absolute atomic E-state index is 13.9. The number of amides is 1. The summed E-state index contributed by atoms with van der Waals surface area (Å²) in [7, 11) is -8.83. The van der Waals surface area contributed by atoms with Crippen LogP contribution in [0.15, 0.2) is 56.9 Å². The van der Waals surface area contributed by atoms with Crippen LogP contribution in [0.2, 0.25) is 5.02 Å². The minimum Gasteiger partial charge on any atom is -0.377 e. The minimum atomic E-state index is -4.67. The maximum Gasteiger partial charge on any atom is 0.394 e. The van der Waals surface area contributed by atoms with Gasteiger partial charge in [-0.2, -0.15) is 8.42 Å². The summed E-state index contributed by atoms with van der Waals surface area (Å²) in [5.41, 5.74) is 0.870. The molecule has 1 saturated carbocycles. The van der Waals surface area contributed by atoms with Gasteiger partial charge in [0.1, 0.15) is 16.4 Å². The van der Waals surface area contributed by atoms with Crippen molar-refractivity contribution >= 4 is 49.6 Å². The van der Waals surface area contributed by atoms with Crippen molar-refractivity contribution in [3.05, 3.63) is 64.4 Å². The Bertz CT molecular complexity index is 1920. The average molecular weight is 713 g/mol. The van der Waals surface area contributed by atoms with Gasteiger partial charge in [-0.3, -0.25) is 28.5 Å². The third-order valence-electron chi connectivity index (χ3n) is 7.68. The summed E-state index contributed by atoms with van der Waals surface area (Å²) in [5, 5.41) is 3.78. The van der Waals surface area contributed by atoms with Gasteiger partial charge < -0.3 is 9.26 Å². The maximum atomic E-state index is 13.9. The standard InChI is InChI=1S/C31H37ClN4O5S.H2O4S/c1-4-6-13-27-33-31(16-9-10-17-31)30(37)36(27)19-22-14-15-24(23(18-22)20-40-5-2)25-11-7-8-12-26(25)42(38,39)35-29-28(32)21(3)41-34-29;1-5(2,3)4/h7-8,11-12,14-15,18H,4-6,9-10,13,16-17,19-20H2,1-3H3,(H,34,35);(H2,1,2,3,4)/i19D2;. The highest BCUT2D eigenvalue weighted by molar-refractivity contribution is 7.92. The van der Waals surface area contributed by atoms with Crippen LogP contribution in [-0.2, 0) is 43.1 Å². The molecule has 1 aromatic heterocycles. The molecule has 256 valence electrons. The number of unbranched alkanes of at least 4 members (excludes halogenated alkanes) is 1. The Labute approximate surface area is 282 Å². The molecule has 0 unspecified atom stereocenters. The van der Waals surface area contributed by atoms with Gasteiger partial charge in [0.05, 0.1) is 20.7 Å². The molecule has 13 nitrogen and oxygen atoms in total. The molecule has 2 heterocycles. The Hall–Kier alpha value is -3.34. The molecule has 3 aromatic rings. The zero-order valence-electron chi connectivity index (χ0n) is 28.2. The van der Waals surface area contributed by atoms with Crippen LogP contribution >= 0.6 is 11.6 Å². The number of halogens is 1. The van der Waals surface area contributed by atoms with Crippen molar-refractivity contribution in [1.82, 2.24) is 10.1 Å². The number of sulfonamides is 1. The first-order chi connectivity index (χ1) is 22.9. The third-order valence-corrected chi connectivity index (χ3v) is 9.53. The fourth-order valence-electron chi connectivity index (χ4n) is 5.49. The molecule has 2 aromatic carbocycles.